The molecule has 0 fully saturated rings. The summed E-state index contributed by atoms with van der Waals surface area (Å²) in [5, 5.41) is 0. The third kappa shape index (κ3) is 1.73. The molecule has 1 rings (SSSR count). The maximum Gasteiger partial charge on any atom is -0.0193 e. The van der Waals surface area contributed by atoms with Crippen molar-refractivity contribution in [3.8, 4) is 0 Å². The minimum absolute atomic E-state index is 0.794. The Kier molecular flexibility index (Phi) is 2.73. The Morgan fingerprint density at radius 2 is 2.20 bits per heavy atom. The molecule has 0 saturated carbocycles. The third-order valence-electron chi connectivity index (χ3n) is 2.25. The topological polar surface area (TPSA) is 0 Å². The first-order valence-corrected chi connectivity index (χ1v) is 4.16. The van der Waals surface area contributed by atoms with Gasteiger partial charge < -0.3 is 0 Å². The Labute approximate surface area is 63.6 Å². The lowest BCUT2D eigenvalue weighted by Crippen LogP contribution is -1.94. The molecule has 0 spiro atoms. The molecule has 0 nitrogen and oxygen atoms in total. The van der Waals surface area contributed by atoms with Gasteiger partial charge in [-0.3, -0.25) is 0 Å². The van der Waals surface area contributed by atoms with Crippen LogP contribution in [-0.2, 0) is 0 Å². The van der Waals surface area contributed by atoms with Crippen LogP contribution in [-0.4, -0.2) is 0 Å². The molecule has 0 aromatic rings. The van der Waals surface area contributed by atoms with E-state index in [2.05, 4.69) is 25.7 Å². The van der Waals surface area contributed by atoms with Gasteiger partial charge in [0.2, 0.25) is 0 Å². The first-order valence-electron chi connectivity index (χ1n) is 4.16. The normalized spacial score (nSPS) is 30.9. The lowest BCUT2D eigenvalue weighted by molar-refractivity contribution is 0.515. The maximum absolute atomic E-state index is 3.74. The van der Waals surface area contributed by atoms with Crippen LogP contribution >= 0.6 is 0 Å². The van der Waals surface area contributed by atoms with Gasteiger partial charge in [-0.2, -0.15) is 0 Å². The number of hydrogen-bond acceptors (Lipinski definition) is 0. The largest absolute Gasteiger partial charge is 0.103 e. The van der Waals surface area contributed by atoms with Gasteiger partial charge in [-0.25, -0.2) is 0 Å². The first-order chi connectivity index (χ1) is 4.86. The summed E-state index contributed by atoms with van der Waals surface area (Å²) in [5.41, 5.74) is 0. The average molecular weight is 136 g/mol. The quantitative estimate of drug-likeness (QED) is 0.523. The van der Waals surface area contributed by atoms with E-state index in [9.17, 15) is 0 Å². The van der Waals surface area contributed by atoms with Gasteiger partial charge in [-0.1, -0.05) is 25.2 Å². The Hall–Kier alpha value is -0.520. The summed E-state index contributed by atoms with van der Waals surface area (Å²) in [6.45, 7) is 6.00. The number of rotatable bonds is 3. The molecule has 0 saturated heterocycles. The van der Waals surface area contributed by atoms with Gasteiger partial charge in [-0.15, -0.1) is 6.58 Å². The molecule has 0 radical (unpaired) electrons. The smallest absolute Gasteiger partial charge is 0.0193 e. The summed E-state index contributed by atoms with van der Waals surface area (Å²) in [4.78, 5) is 0. The van der Waals surface area contributed by atoms with Crippen molar-refractivity contribution in [3.05, 3.63) is 24.8 Å². The predicted molar refractivity (Wildman–Crippen MR) is 45.8 cm³/mol. The molecule has 56 valence electrons. The monoisotopic (exact) mass is 136 g/mol. The zero-order valence-electron chi connectivity index (χ0n) is 6.72. The van der Waals surface area contributed by atoms with Crippen molar-refractivity contribution in [2.24, 2.45) is 11.8 Å². The second-order valence-corrected chi connectivity index (χ2v) is 3.07. The van der Waals surface area contributed by atoms with Gasteiger partial charge in [0.1, 0.15) is 0 Å². The van der Waals surface area contributed by atoms with Crippen LogP contribution in [0.4, 0.5) is 0 Å². The van der Waals surface area contributed by atoms with Crippen LogP contribution in [0.2, 0.25) is 0 Å². The highest BCUT2D eigenvalue weighted by Gasteiger charge is 2.15. The fraction of sp³-hybridized carbons (Fsp3) is 0.600. The second kappa shape index (κ2) is 3.60. The van der Waals surface area contributed by atoms with E-state index in [1.54, 1.807) is 0 Å². The standard InChI is InChI=1S/C10H16/c1-3-5-10-7-6-9(4-2)8-10/h3,6-7,9-10H,1,4-5,8H2,2H3. The molecular formula is C10H16. The van der Waals surface area contributed by atoms with Crippen LogP contribution in [0, 0.1) is 11.8 Å². The van der Waals surface area contributed by atoms with Crippen molar-refractivity contribution < 1.29 is 0 Å². The minimum Gasteiger partial charge on any atom is -0.103 e. The van der Waals surface area contributed by atoms with E-state index in [4.69, 9.17) is 0 Å². The molecule has 10 heavy (non-hydrogen) atoms. The minimum atomic E-state index is 0.794. The van der Waals surface area contributed by atoms with Crippen molar-refractivity contribution in [1.29, 1.82) is 0 Å². The fourth-order valence-corrected chi connectivity index (χ4v) is 1.55. The fourth-order valence-electron chi connectivity index (χ4n) is 1.55. The molecule has 2 unspecified atom stereocenters. The number of allylic oxidation sites excluding steroid dienone is 3. The van der Waals surface area contributed by atoms with Crippen LogP contribution in [0.1, 0.15) is 26.2 Å². The van der Waals surface area contributed by atoms with E-state index in [0.717, 1.165) is 18.3 Å². The first kappa shape index (κ1) is 7.59. The zero-order chi connectivity index (χ0) is 7.40. The highest BCUT2D eigenvalue weighted by atomic mass is 14.2. The predicted octanol–water partition coefficient (Wildman–Crippen LogP) is 3.16. The lowest BCUT2D eigenvalue weighted by atomic mass is 9.99. The SMILES string of the molecule is C=CCC1C=CC(CC)C1. The molecule has 0 aromatic heterocycles. The summed E-state index contributed by atoms with van der Waals surface area (Å²) in [6.07, 6.45) is 10.5. The van der Waals surface area contributed by atoms with E-state index >= 15 is 0 Å². The van der Waals surface area contributed by atoms with E-state index in [1.165, 1.54) is 12.8 Å². The Morgan fingerprint density at radius 3 is 2.70 bits per heavy atom. The van der Waals surface area contributed by atoms with Gasteiger partial charge in [0.15, 0.2) is 0 Å². The molecule has 1 aliphatic carbocycles. The van der Waals surface area contributed by atoms with Gasteiger partial charge in [-0.05, 0) is 31.1 Å². The molecular weight excluding hydrogens is 120 g/mol. The average Bonchev–Trinajstić information content (AvgIpc) is 2.37. The molecule has 0 heteroatoms. The second-order valence-electron chi connectivity index (χ2n) is 3.07. The van der Waals surface area contributed by atoms with Crippen molar-refractivity contribution in [2.75, 3.05) is 0 Å². The van der Waals surface area contributed by atoms with Gasteiger partial charge >= 0.3 is 0 Å². The van der Waals surface area contributed by atoms with Gasteiger partial charge in [0, 0.05) is 0 Å². The molecule has 0 heterocycles. The van der Waals surface area contributed by atoms with Crippen LogP contribution in [0.3, 0.4) is 0 Å². The molecule has 0 aromatic carbocycles. The van der Waals surface area contributed by atoms with E-state index in [1.807, 2.05) is 6.08 Å². The molecule has 1 aliphatic rings. The van der Waals surface area contributed by atoms with E-state index < -0.39 is 0 Å². The zero-order valence-corrected chi connectivity index (χ0v) is 6.72. The van der Waals surface area contributed by atoms with E-state index in [0.29, 0.717) is 0 Å². The molecule has 0 bridgehead atoms. The van der Waals surface area contributed by atoms with Crippen molar-refractivity contribution >= 4 is 0 Å². The van der Waals surface area contributed by atoms with Gasteiger partial charge in [0.25, 0.3) is 0 Å². The highest BCUT2D eigenvalue weighted by Crippen LogP contribution is 2.27. The highest BCUT2D eigenvalue weighted by molar-refractivity contribution is 5.02. The van der Waals surface area contributed by atoms with Crippen LogP contribution < -0.4 is 0 Å². The van der Waals surface area contributed by atoms with Gasteiger partial charge in [0.05, 0.1) is 0 Å². The summed E-state index contributed by atoms with van der Waals surface area (Å²) >= 11 is 0. The van der Waals surface area contributed by atoms with Crippen molar-refractivity contribution in [1.82, 2.24) is 0 Å². The Morgan fingerprint density at radius 1 is 1.50 bits per heavy atom. The Bertz CT molecular complexity index is 133. The summed E-state index contributed by atoms with van der Waals surface area (Å²) in [7, 11) is 0. The van der Waals surface area contributed by atoms with E-state index in [-0.39, 0.29) is 0 Å². The maximum atomic E-state index is 3.74. The van der Waals surface area contributed by atoms with Crippen molar-refractivity contribution in [2.45, 2.75) is 26.2 Å². The number of hydrogen-bond donors (Lipinski definition) is 0. The summed E-state index contributed by atoms with van der Waals surface area (Å²) in [5.74, 6) is 1.65. The molecule has 2 atom stereocenters. The van der Waals surface area contributed by atoms with Crippen LogP contribution in [0.5, 0.6) is 0 Å². The van der Waals surface area contributed by atoms with Crippen LogP contribution in [0.15, 0.2) is 24.8 Å². The molecule has 0 aliphatic heterocycles. The molecule has 0 N–H and O–H groups in total. The Balaban J connectivity index is 2.30. The summed E-state index contributed by atoms with van der Waals surface area (Å²) in [6, 6.07) is 0. The van der Waals surface area contributed by atoms with Crippen molar-refractivity contribution in [3.63, 3.8) is 0 Å². The molecule has 0 amide bonds. The third-order valence-corrected chi connectivity index (χ3v) is 2.25. The lowest BCUT2D eigenvalue weighted by Gasteiger charge is -2.06. The summed E-state index contributed by atoms with van der Waals surface area (Å²) < 4.78 is 0. The van der Waals surface area contributed by atoms with Crippen LogP contribution in [0.25, 0.3) is 0 Å².